The lowest BCUT2D eigenvalue weighted by molar-refractivity contribution is -0.130. The number of benzene rings is 3. The van der Waals surface area contributed by atoms with Crippen LogP contribution in [0.2, 0.25) is 0 Å². The van der Waals surface area contributed by atoms with Gasteiger partial charge in [-0.15, -0.1) is 0 Å². The Labute approximate surface area is 288 Å². The Kier molecular flexibility index (Phi) is 11.2. The molecule has 0 unspecified atom stereocenters. The van der Waals surface area contributed by atoms with E-state index in [1.165, 1.54) is 0 Å². The molecule has 4 aromatic rings. The van der Waals surface area contributed by atoms with Crippen molar-refractivity contribution in [3.8, 4) is 22.4 Å². The summed E-state index contributed by atoms with van der Waals surface area (Å²) in [6.07, 6.45) is 9.02. The third-order valence-corrected chi connectivity index (χ3v) is 10.0. The first-order valence-corrected chi connectivity index (χ1v) is 17.5. The maximum atomic E-state index is 13.7. The Bertz CT molecular complexity index is 1710. The summed E-state index contributed by atoms with van der Waals surface area (Å²) in [4.78, 5) is 47.2. The number of anilines is 1. The molecule has 0 spiro atoms. The zero-order valence-electron chi connectivity index (χ0n) is 28.1. The fourth-order valence-electron chi connectivity index (χ4n) is 6.96. The maximum absolute atomic E-state index is 13.7. The van der Waals surface area contributed by atoms with Crippen LogP contribution in [0.4, 0.5) is 5.69 Å². The number of carbonyl (C=O) groups excluding carboxylic acids is 3. The molecular weight excluding hydrogens is 614 g/mol. The lowest BCUT2D eigenvalue weighted by atomic mass is 9.81. The number of aromatic nitrogens is 2. The molecule has 1 aromatic heterocycles. The van der Waals surface area contributed by atoms with Gasteiger partial charge in [-0.05, 0) is 123 Å². The number of aryl methyl sites for hydroxylation is 1. The molecule has 10 heteroatoms. The average molecular weight is 662 g/mol. The second-order valence-corrected chi connectivity index (χ2v) is 13.5. The highest BCUT2D eigenvalue weighted by Gasteiger charge is 2.29. The SMILES string of the molecule is Cc1cc(C(=O)NC2CCNCC2)ccc1-c1ccc(C[C@H](NC(=O)C2CCC(CN)CC2)C(=O)Nc2ccc(-c3cnc[nH]3)cc2)cc1. The smallest absolute Gasteiger partial charge is 0.251 e. The molecule has 0 radical (unpaired) electrons. The quantitative estimate of drug-likeness (QED) is 0.134. The first kappa shape index (κ1) is 34.1. The number of hydrogen-bond donors (Lipinski definition) is 6. The van der Waals surface area contributed by atoms with Crippen molar-refractivity contribution < 1.29 is 14.4 Å². The number of carbonyl (C=O) groups is 3. The van der Waals surface area contributed by atoms with Crippen LogP contribution in [0.25, 0.3) is 22.4 Å². The molecule has 0 bridgehead atoms. The van der Waals surface area contributed by atoms with E-state index in [1.54, 1.807) is 12.5 Å². The van der Waals surface area contributed by atoms with E-state index in [1.807, 2.05) is 73.7 Å². The fourth-order valence-corrected chi connectivity index (χ4v) is 6.96. The maximum Gasteiger partial charge on any atom is 0.251 e. The number of imidazole rings is 1. The predicted molar refractivity (Wildman–Crippen MR) is 193 cm³/mol. The Balaban J connectivity index is 1.14. The standard InChI is InChI=1S/C39H47N7O3/c1-25-20-31(38(48)44-33-16-18-41-19-17-33)12-15-34(25)28-6-2-26(3-7-28)21-35(46-37(47)30-8-4-27(22-40)5-9-30)39(49)45-32-13-10-29(11-14-32)36-23-42-24-43-36/h2-3,6-7,10-15,20,23-24,27,30,33,35,41H,4-5,8-9,16-19,21-22,40H2,1H3,(H,42,43)(H,44,48)(H,45,49)(H,46,47)/t27?,30?,35-/m0/s1. The van der Waals surface area contributed by atoms with E-state index >= 15 is 0 Å². The zero-order valence-corrected chi connectivity index (χ0v) is 28.1. The molecule has 1 saturated carbocycles. The van der Waals surface area contributed by atoms with Gasteiger partial charge < -0.3 is 32.0 Å². The van der Waals surface area contributed by atoms with Crippen LogP contribution in [0.3, 0.4) is 0 Å². The van der Waals surface area contributed by atoms with E-state index in [0.717, 1.165) is 85.1 Å². The summed E-state index contributed by atoms with van der Waals surface area (Å²) in [7, 11) is 0. The Morgan fingerprint density at radius 1 is 0.898 bits per heavy atom. The molecule has 3 aromatic carbocycles. The van der Waals surface area contributed by atoms with Gasteiger partial charge in [0, 0.05) is 29.6 Å². The minimum absolute atomic E-state index is 0.0375. The Morgan fingerprint density at radius 2 is 1.61 bits per heavy atom. The van der Waals surface area contributed by atoms with Gasteiger partial charge in [-0.3, -0.25) is 14.4 Å². The molecule has 2 heterocycles. The number of H-pyrrole nitrogens is 1. The van der Waals surface area contributed by atoms with Gasteiger partial charge >= 0.3 is 0 Å². The van der Waals surface area contributed by atoms with Gasteiger partial charge in [0.15, 0.2) is 0 Å². The number of piperidine rings is 1. The van der Waals surface area contributed by atoms with E-state index in [9.17, 15) is 14.4 Å². The van der Waals surface area contributed by atoms with Gasteiger partial charge in [0.25, 0.3) is 5.91 Å². The molecule has 7 N–H and O–H groups in total. The van der Waals surface area contributed by atoms with Gasteiger partial charge in [-0.1, -0.05) is 42.5 Å². The summed E-state index contributed by atoms with van der Waals surface area (Å²) in [6.45, 7) is 4.51. The second-order valence-electron chi connectivity index (χ2n) is 13.5. The van der Waals surface area contributed by atoms with Crippen LogP contribution >= 0.6 is 0 Å². The van der Waals surface area contributed by atoms with Gasteiger partial charge in [0.05, 0.1) is 18.2 Å². The van der Waals surface area contributed by atoms with Crippen molar-refractivity contribution in [2.75, 3.05) is 25.0 Å². The topological polar surface area (TPSA) is 154 Å². The fraction of sp³-hybridized carbons (Fsp3) is 0.385. The molecule has 6 rings (SSSR count). The second kappa shape index (κ2) is 16.1. The lowest BCUT2D eigenvalue weighted by Crippen LogP contribution is -2.48. The first-order valence-electron chi connectivity index (χ1n) is 17.5. The molecule has 3 amide bonds. The molecule has 2 aliphatic rings. The van der Waals surface area contributed by atoms with Gasteiger partial charge in [0.1, 0.15) is 6.04 Å². The van der Waals surface area contributed by atoms with Crippen molar-refractivity contribution in [1.29, 1.82) is 0 Å². The minimum atomic E-state index is -0.752. The van der Waals surface area contributed by atoms with Crippen LogP contribution < -0.4 is 27.0 Å². The predicted octanol–water partition coefficient (Wildman–Crippen LogP) is 4.97. The zero-order chi connectivity index (χ0) is 34.2. The molecule has 1 aliphatic heterocycles. The van der Waals surface area contributed by atoms with Crippen molar-refractivity contribution in [1.82, 2.24) is 25.9 Å². The van der Waals surface area contributed by atoms with Crippen molar-refractivity contribution in [2.45, 2.75) is 64.0 Å². The van der Waals surface area contributed by atoms with Crippen LogP contribution in [0, 0.1) is 18.8 Å². The summed E-state index contributed by atoms with van der Waals surface area (Å²) < 4.78 is 0. The van der Waals surface area contributed by atoms with E-state index < -0.39 is 6.04 Å². The van der Waals surface area contributed by atoms with Crippen molar-refractivity contribution in [3.63, 3.8) is 0 Å². The summed E-state index contributed by atoms with van der Waals surface area (Å²) in [6, 6.07) is 20.9. The Morgan fingerprint density at radius 3 is 2.27 bits per heavy atom. The van der Waals surface area contributed by atoms with Crippen molar-refractivity contribution in [2.24, 2.45) is 17.6 Å². The van der Waals surface area contributed by atoms with Crippen LogP contribution in [0.15, 0.2) is 79.3 Å². The number of nitrogens with two attached hydrogens (primary N) is 1. The van der Waals surface area contributed by atoms with E-state index in [2.05, 4.69) is 31.2 Å². The highest BCUT2D eigenvalue weighted by molar-refractivity contribution is 5.98. The largest absolute Gasteiger partial charge is 0.349 e. The molecule has 256 valence electrons. The summed E-state index contributed by atoms with van der Waals surface area (Å²) in [5, 5.41) is 12.6. The average Bonchev–Trinajstić information content (AvgIpc) is 3.68. The molecule has 1 atom stereocenters. The molecule has 2 fully saturated rings. The number of nitrogens with one attached hydrogen (secondary N) is 5. The van der Waals surface area contributed by atoms with Crippen molar-refractivity contribution >= 4 is 23.4 Å². The van der Waals surface area contributed by atoms with E-state index in [4.69, 9.17) is 5.73 Å². The monoisotopic (exact) mass is 661 g/mol. The van der Waals surface area contributed by atoms with Crippen molar-refractivity contribution in [3.05, 3.63) is 95.9 Å². The molecule has 10 nitrogen and oxygen atoms in total. The lowest BCUT2D eigenvalue weighted by Gasteiger charge is -2.28. The highest BCUT2D eigenvalue weighted by Crippen LogP contribution is 2.29. The van der Waals surface area contributed by atoms with Crippen LogP contribution in [-0.2, 0) is 16.0 Å². The van der Waals surface area contributed by atoms with Gasteiger partial charge in [-0.25, -0.2) is 4.98 Å². The van der Waals surface area contributed by atoms with Gasteiger partial charge in [0.2, 0.25) is 11.8 Å². The molecular formula is C39H47N7O3. The number of nitrogens with zero attached hydrogens (tertiary/aromatic N) is 1. The third kappa shape index (κ3) is 8.82. The van der Waals surface area contributed by atoms with Crippen LogP contribution in [-0.4, -0.2) is 59.4 Å². The van der Waals surface area contributed by atoms with Crippen LogP contribution in [0.5, 0.6) is 0 Å². The number of amides is 3. The Hall–Kier alpha value is -4.80. The third-order valence-electron chi connectivity index (χ3n) is 10.0. The number of hydrogen-bond acceptors (Lipinski definition) is 6. The minimum Gasteiger partial charge on any atom is -0.349 e. The van der Waals surface area contributed by atoms with Gasteiger partial charge in [-0.2, -0.15) is 0 Å². The molecule has 1 saturated heterocycles. The summed E-state index contributed by atoms with van der Waals surface area (Å²) in [5.41, 5.74) is 13.0. The summed E-state index contributed by atoms with van der Waals surface area (Å²) in [5.74, 6) is -0.0488. The van der Waals surface area contributed by atoms with Crippen LogP contribution in [0.1, 0.15) is 60.0 Å². The number of aromatic amines is 1. The first-order chi connectivity index (χ1) is 23.9. The molecule has 49 heavy (non-hydrogen) atoms. The highest BCUT2D eigenvalue weighted by atomic mass is 16.2. The normalized spacial score (nSPS) is 18.7. The van der Waals surface area contributed by atoms with E-state index in [-0.39, 0.29) is 29.7 Å². The summed E-state index contributed by atoms with van der Waals surface area (Å²) >= 11 is 0. The van der Waals surface area contributed by atoms with E-state index in [0.29, 0.717) is 30.1 Å². The molecule has 1 aliphatic carbocycles. The number of rotatable bonds is 11.